The molecular weight excluding hydrogens is 314 g/mol. The molecule has 1 heterocycles. The molecule has 0 saturated heterocycles. The van der Waals surface area contributed by atoms with E-state index < -0.39 is 12.5 Å². The topological polar surface area (TPSA) is 103 Å². The van der Waals surface area contributed by atoms with Gasteiger partial charge in [-0.3, -0.25) is 9.59 Å². The van der Waals surface area contributed by atoms with Gasteiger partial charge in [0.25, 0.3) is 0 Å². The van der Waals surface area contributed by atoms with Crippen molar-refractivity contribution < 1.29 is 14.7 Å². The Labute approximate surface area is 139 Å². The SMILES string of the molecule is N#Cc1cc2c(nc1SCC(=O)NCC(=O)O)CCCCCC2. The van der Waals surface area contributed by atoms with E-state index in [9.17, 15) is 14.9 Å². The number of nitrogens with one attached hydrogen (secondary N) is 1. The van der Waals surface area contributed by atoms with Crippen molar-refractivity contribution in [2.75, 3.05) is 12.3 Å². The maximum absolute atomic E-state index is 11.6. The van der Waals surface area contributed by atoms with Crippen LogP contribution in [0.25, 0.3) is 0 Å². The first kappa shape index (κ1) is 17.3. The van der Waals surface area contributed by atoms with Crippen molar-refractivity contribution in [1.82, 2.24) is 10.3 Å². The zero-order chi connectivity index (χ0) is 16.7. The first-order valence-electron chi connectivity index (χ1n) is 7.64. The van der Waals surface area contributed by atoms with Crippen LogP contribution in [0.2, 0.25) is 0 Å². The van der Waals surface area contributed by atoms with Gasteiger partial charge in [0.1, 0.15) is 17.6 Å². The second-order valence-electron chi connectivity index (χ2n) is 5.43. The molecular formula is C16H19N3O3S. The quantitative estimate of drug-likeness (QED) is 0.798. The minimum atomic E-state index is -1.08. The maximum Gasteiger partial charge on any atom is 0.322 e. The van der Waals surface area contributed by atoms with E-state index in [1.165, 1.54) is 24.6 Å². The van der Waals surface area contributed by atoms with Gasteiger partial charge in [-0.15, -0.1) is 0 Å². The van der Waals surface area contributed by atoms with Crippen molar-refractivity contribution in [2.24, 2.45) is 0 Å². The van der Waals surface area contributed by atoms with Gasteiger partial charge in [-0.25, -0.2) is 4.98 Å². The van der Waals surface area contributed by atoms with Gasteiger partial charge in [-0.1, -0.05) is 24.6 Å². The van der Waals surface area contributed by atoms with Gasteiger partial charge in [0.15, 0.2) is 0 Å². The largest absolute Gasteiger partial charge is 0.480 e. The normalized spacial score (nSPS) is 14.0. The van der Waals surface area contributed by atoms with E-state index in [0.29, 0.717) is 10.6 Å². The summed E-state index contributed by atoms with van der Waals surface area (Å²) in [6, 6.07) is 4.04. The van der Waals surface area contributed by atoms with E-state index >= 15 is 0 Å². The summed E-state index contributed by atoms with van der Waals surface area (Å²) >= 11 is 1.18. The molecule has 0 spiro atoms. The summed E-state index contributed by atoms with van der Waals surface area (Å²) in [7, 11) is 0. The number of aromatic nitrogens is 1. The molecule has 0 unspecified atom stereocenters. The number of fused-ring (bicyclic) bond motifs is 1. The van der Waals surface area contributed by atoms with Crippen LogP contribution in [0, 0.1) is 11.3 Å². The monoisotopic (exact) mass is 333 g/mol. The molecule has 0 atom stereocenters. The number of carbonyl (C=O) groups excluding carboxylic acids is 1. The molecule has 1 amide bonds. The molecule has 0 fully saturated rings. The maximum atomic E-state index is 11.6. The van der Waals surface area contributed by atoms with Crippen LogP contribution in [-0.2, 0) is 22.4 Å². The van der Waals surface area contributed by atoms with Crippen molar-refractivity contribution in [3.05, 3.63) is 22.9 Å². The van der Waals surface area contributed by atoms with Crippen molar-refractivity contribution in [3.63, 3.8) is 0 Å². The second kappa shape index (κ2) is 8.53. The van der Waals surface area contributed by atoms with E-state index in [0.717, 1.165) is 36.9 Å². The summed E-state index contributed by atoms with van der Waals surface area (Å²) < 4.78 is 0. The number of hydrogen-bond acceptors (Lipinski definition) is 5. The summed E-state index contributed by atoms with van der Waals surface area (Å²) in [6.45, 7) is -0.401. The Morgan fingerprint density at radius 1 is 1.30 bits per heavy atom. The van der Waals surface area contributed by atoms with Gasteiger partial charge in [-0.05, 0) is 37.3 Å². The summed E-state index contributed by atoms with van der Waals surface area (Å²) in [5.41, 5.74) is 2.65. The average molecular weight is 333 g/mol. The lowest BCUT2D eigenvalue weighted by Gasteiger charge is -2.15. The van der Waals surface area contributed by atoms with Gasteiger partial charge in [-0.2, -0.15) is 5.26 Å². The number of amides is 1. The van der Waals surface area contributed by atoms with Crippen LogP contribution >= 0.6 is 11.8 Å². The minimum Gasteiger partial charge on any atom is -0.480 e. The second-order valence-corrected chi connectivity index (χ2v) is 6.40. The summed E-state index contributed by atoms with van der Waals surface area (Å²) in [4.78, 5) is 26.6. The average Bonchev–Trinajstić information content (AvgIpc) is 2.51. The predicted molar refractivity (Wildman–Crippen MR) is 86.2 cm³/mol. The molecule has 1 aliphatic carbocycles. The lowest BCUT2D eigenvalue weighted by Crippen LogP contribution is -2.30. The number of hydrogen-bond donors (Lipinski definition) is 2. The van der Waals surface area contributed by atoms with Crippen LogP contribution in [0.15, 0.2) is 11.1 Å². The molecule has 0 radical (unpaired) electrons. The molecule has 0 aliphatic heterocycles. The molecule has 2 N–H and O–H groups in total. The third-order valence-corrected chi connectivity index (χ3v) is 4.65. The molecule has 0 bridgehead atoms. The Kier molecular flexibility index (Phi) is 6.41. The fourth-order valence-electron chi connectivity index (χ4n) is 2.52. The smallest absolute Gasteiger partial charge is 0.322 e. The Morgan fingerprint density at radius 2 is 2.04 bits per heavy atom. The first-order valence-corrected chi connectivity index (χ1v) is 8.63. The highest BCUT2D eigenvalue weighted by Crippen LogP contribution is 2.26. The number of pyridine rings is 1. The Balaban J connectivity index is 2.08. The third-order valence-electron chi connectivity index (χ3n) is 3.66. The van der Waals surface area contributed by atoms with Crippen molar-refractivity contribution in [1.29, 1.82) is 5.26 Å². The number of carboxylic acids is 1. The van der Waals surface area contributed by atoms with Gasteiger partial charge >= 0.3 is 5.97 Å². The number of carboxylic acid groups (broad SMARTS) is 1. The van der Waals surface area contributed by atoms with Gasteiger partial charge < -0.3 is 10.4 Å². The van der Waals surface area contributed by atoms with Crippen molar-refractivity contribution in [3.8, 4) is 6.07 Å². The number of thioether (sulfide) groups is 1. The molecule has 0 aromatic carbocycles. The van der Waals surface area contributed by atoms with Gasteiger partial charge in [0.05, 0.1) is 11.3 Å². The van der Waals surface area contributed by atoms with E-state index in [1.54, 1.807) is 0 Å². The Bertz CT molecular complexity index is 640. The lowest BCUT2D eigenvalue weighted by molar-refractivity contribution is -0.137. The van der Waals surface area contributed by atoms with Crippen LogP contribution in [-0.4, -0.2) is 34.3 Å². The third kappa shape index (κ3) is 5.25. The molecule has 7 heteroatoms. The fraction of sp³-hybridized carbons (Fsp3) is 0.500. The van der Waals surface area contributed by atoms with Crippen LogP contribution in [0.3, 0.4) is 0 Å². The molecule has 0 saturated carbocycles. The summed E-state index contributed by atoms with van der Waals surface area (Å²) in [5.74, 6) is -1.41. The fourth-order valence-corrected chi connectivity index (χ4v) is 3.32. The van der Waals surface area contributed by atoms with E-state index in [2.05, 4.69) is 16.4 Å². The number of aryl methyl sites for hydroxylation is 2. The molecule has 6 nitrogen and oxygen atoms in total. The van der Waals surface area contributed by atoms with Crippen LogP contribution in [0.5, 0.6) is 0 Å². The Morgan fingerprint density at radius 3 is 2.74 bits per heavy atom. The number of carbonyl (C=O) groups is 2. The highest BCUT2D eigenvalue weighted by atomic mass is 32.2. The van der Waals surface area contributed by atoms with E-state index in [-0.39, 0.29) is 11.7 Å². The molecule has 122 valence electrons. The highest BCUT2D eigenvalue weighted by Gasteiger charge is 2.15. The van der Waals surface area contributed by atoms with Crippen LogP contribution in [0.1, 0.15) is 42.5 Å². The van der Waals surface area contributed by atoms with E-state index in [1.807, 2.05) is 6.07 Å². The molecule has 1 aliphatic rings. The van der Waals surface area contributed by atoms with Gasteiger partial charge in [0, 0.05) is 5.69 Å². The van der Waals surface area contributed by atoms with E-state index in [4.69, 9.17) is 5.11 Å². The molecule has 1 aromatic rings. The standard InChI is InChI=1S/C16H19N3O3S/c17-8-12-7-11-5-3-1-2-4-6-13(11)19-16(12)23-10-14(20)18-9-15(21)22/h7H,1-6,9-10H2,(H,18,20)(H,21,22). The Hall–Kier alpha value is -2.07. The zero-order valence-electron chi connectivity index (χ0n) is 12.8. The number of aliphatic carboxylic acids is 1. The molecule has 23 heavy (non-hydrogen) atoms. The lowest BCUT2D eigenvalue weighted by atomic mass is 9.96. The summed E-state index contributed by atoms with van der Waals surface area (Å²) in [5, 5.41) is 20.7. The molecule has 2 rings (SSSR count). The number of rotatable bonds is 5. The predicted octanol–water partition coefficient (Wildman–Crippen LogP) is 1.91. The zero-order valence-corrected chi connectivity index (χ0v) is 13.6. The van der Waals surface area contributed by atoms with Gasteiger partial charge in [0.2, 0.25) is 5.91 Å². The summed E-state index contributed by atoms with van der Waals surface area (Å²) in [6.07, 6.45) is 6.46. The molecule has 1 aromatic heterocycles. The number of nitrogens with zero attached hydrogens (tertiary/aromatic N) is 2. The van der Waals surface area contributed by atoms with Crippen molar-refractivity contribution in [2.45, 2.75) is 43.6 Å². The highest BCUT2D eigenvalue weighted by molar-refractivity contribution is 8.00. The van der Waals surface area contributed by atoms with Crippen LogP contribution in [0.4, 0.5) is 0 Å². The number of nitriles is 1. The van der Waals surface area contributed by atoms with Crippen LogP contribution < -0.4 is 5.32 Å². The first-order chi connectivity index (χ1) is 11.1. The van der Waals surface area contributed by atoms with Crippen molar-refractivity contribution >= 4 is 23.6 Å². The minimum absolute atomic E-state index is 0.0494.